The van der Waals surface area contributed by atoms with Gasteiger partial charge in [-0.2, -0.15) is 8.78 Å². The number of carboxylic acids is 1. The van der Waals surface area contributed by atoms with Crippen molar-refractivity contribution in [1.29, 1.82) is 0 Å². The maximum Gasteiger partial charge on any atom is 0.339 e. The third kappa shape index (κ3) is 3.81. The minimum absolute atomic E-state index is 0.192. The van der Waals surface area contributed by atoms with E-state index in [1.54, 1.807) is 0 Å². The second-order valence-electron chi connectivity index (χ2n) is 4.77. The SMILES string of the molecule is O=C(OC(c1ccccc1)C(F)(F)C(=O)[O-])c1ccc(I)c(O)c1. The van der Waals surface area contributed by atoms with Crippen molar-refractivity contribution in [2.75, 3.05) is 0 Å². The van der Waals surface area contributed by atoms with Gasteiger partial charge in [-0.1, -0.05) is 30.3 Å². The van der Waals surface area contributed by atoms with E-state index >= 15 is 0 Å². The summed E-state index contributed by atoms with van der Waals surface area (Å²) in [6.45, 7) is 0. The number of benzene rings is 2. The Hall–Kier alpha value is -2.23. The van der Waals surface area contributed by atoms with Crippen molar-refractivity contribution < 1.29 is 33.3 Å². The fourth-order valence-corrected chi connectivity index (χ4v) is 2.24. The Morgan fingerprint density at radius 1 is 1.17 bits per heavy atom. The minimum atomic E-state index is -4.43. The molecule has 0 spiro atoms. The van der Waals surface area contributed by atoms with E-state index in [1.165, 1.54) is 42.5 Å². The van der Waals surface area contributed by atoms with Crippen LogP contribution in [0.3, 0.4) is 0 Å². The lowest BCUT2D eigenvalue weighted by molar-refractivity contribution is -0.336. The number of phenols is 1. The summed E-state index contributed by atoms with van der Waals surface area (Å²) in [5.41, 5.74) is -0.391. The Bertz CT molecular complexity index is 764. The molecule has 0 saturated carbocycles. The van der Waals surface area contributed by atoms with Gasteiger partial charge in [-0.25, -0.2) is 4.79 Å². The number of esters is 1. The monoisotopic (exact) mass is 447 g/mol. The minimum Gasteiger partial charge on any atom is -0.544 e. The molecule has 24 heavy (non-hydrogen) atoms. The molecule has 0 fully saturated rings. The van der Waals surface area contributed by atoms with Crippen LogP contribution in [0.2, 0.25) is 0 Å². The Labute approximate surface area is 149 Å². The molecule has 1 unspecified atom stereocenters. The molecule has 2 aromatic rings. The number of alkyl halides is 2. The smallest absolute Gasteiger partial charge is 0.339 e. The van der Waals surface area contributed by atoms with Crippen LogP contribution in [-0.4, -0.2) is 23.0 Å². The Balaban J connectivity index is 2.36. The highest BCUT2D eigenvalue weighted by Crippen LogP contribution is 2.35. The third-order valence-electron chi connectivity index (χ3n) is 3.11. The quantitative estimate of drug-likeness (QED) is 0.562. The van der Waals surface area contributed by atoms with Gasteiger partial charge in [0.25, 0.3) is 0 Å². The lowest BCUT2D eigenvalue weighted by Crippen LogP contribution is -2.47. The van der Waals surface area contributed by atoms with E-state index < -0.39 is 24.0 Å². The number of phenolic OH excluding ortho intramolecular Hbond substituents is 1. The molecule has 126 valence electrons. The van der Waals surface area contributed by atoms with Gasteiger partial charge in [0.05, 0.1) is 9.13 Å². The standard InChI is InChI=1S/C16H11F2IO5/c17-16(18,15(22)23)13(9-4-2-1-3-5-9)24-14(21)10-6-7-11(19)12(20)8-10/h1-8,13,20H,(H,22,23)/p-1. The zero-order chi connectivity index (χ0) is 17.9. The van der Waals surface area contributed by atoms with Gasteiger partial charge in [-0.3, -0.25) is 0 Å². The fourth-order valence-electron chi connectivity index (χ4n) is 1.90. The van der Waals surface area contributed by atoms with Gasteiger partial charge in [0, 0.05) is 0 Å². The van der Waals surface area contributed by atoms with Gasteiger partial charge in [-0.05, 0) is 46.4 Å². The summed E-state index contributed by atoms with van der Waals surface area (Å²) in [6.07, 6.45) is -2.36. The van der Waals surface area contributed by atoms with Gasteiger partial charge in [-0.15, -0.1) is 0 Å². The molecule has 8 heteroatoms. The predicted octanol–water partition coefficient (Wildman–Crippen LogP) is 2.28. The van der Waals surface area contributed by atoms with Gasteiger partial charge >= 0.3 is 11.9 Å². The first-order valence-corrected chi connectivity index (χ1v) is 7.65. The van der Waals surface area contributed by atoms with E-state index in [0.29, 0.717) is 3.57 Å². The van der Waals surface area contributed by atoms with Crippen LogP contribution < -0.4 is 5.11 Å². The number of hydrogen-bond acceptors (Lipinski definition) is 5. The second-order valence-corrected chi connectivity index (χ2v) is 5.93. The van der Waals surface area contributed by atoms with Crippen LogP contribution in [0, 0.1) is 3.57 Å². The van der Waals surface area contributed by atoms with Crippen molar-refractivity contribution in [3.05, 3.63) is 63.2 Å². The first kappa shape index (κ1) is 18.1. The largest absolute Gasteiger partial charge is 0.544 e. The van der Waals surface area contributed by atoms with Crippen molar-refractivity contribution in [3.63, 3.8) is 0 Å². The molecule has 0 aliphatic carbocycles. The van der Waals surface area contributed by atoms with E-state index in [1.807, 2.05) is 22.6 Å². The molecule has 0 bridgehead atoms. The van der Waals surface area contributed by atoms with Crippen LogP contribution >= 0.6 is 22.6 Å². The molecular weight excluding hydrogens is 437 g/mol. The van der Waals surface area contributed by atoms with Crippen LogP contribution in [0.4, 0.5) is 8.78 Å². The number of aromatic hydroxyl groups is 1. The maximum atomic E-state index is 13.9. The van der Waals surface area contributed by atoms with Crippen molar-refractivity contribution >= 4 is 34.5 Å². The van der Waals surface area contributed by atoms with Crippen molar-refractivity contribution in [3.8, 4) is 5.75 Å². The molecular formula is C16H10F2IO5-. The van der Waals surface area contributed by atoms with Crippen LogP contribution in [0.25, 0.3) is 0 Å². The highest BCUT2D eigenvalue weighted by molar-refractivity contribution is 14.1. The molecule has 2 rings (SSSR count). The first-order valence-electron chi connectivity index (χ1n) is 6.57. The van der Waals surface area contributed by atoms with Crippen LogP contribution in [-0.2, 0) is 9.53 Å². The number of carbonyl (C=O) groups excluding carboxylic acids is 2. The zero-order valence-corrected chi connectivity index (χ0v) is 14.1. The summed E-state index contributed by atoms with van der Waals surface area (Å²) in [4.78, 5) is 22.8. The van der Waals surface area contributed by atoms with Crippen LogP contribution in [0.5, 0.6) is 5.75 Å². The first-order chi connectivity index (χ1) is 11.2. The third-order valence-corrected chi connectivity index (χ3v) is 4.02. The highest BCUT2D eigenvalue weighted by atomic mass is 127. The van der Waals surface area contributed by atoms with E-state index in [-0.39, 0.29) is 16.9 Å². The molecule has 0 aliphatic rings. The van der Waals surface area contributed by atoms with Crippen LogP contribution in [0.15, 0.2) is 48.5 Å². The van der Waals surface area contributed by atoms with Gasteiger partial charge < -0.3 is 19.7 Å². The number of carbonyl (C=O) groups is 2. The van der Waals surface area contributed by atoms with Gasteiger partial charge in [0.2, 0.25) is 0 Å². The Morgan fingerprint density at radius 3 is 2.33 bits per heavy atom. The van der Waals surface area contributed by atoms with Crippen molar-refractivity contribution in [2.45, 2.75) is 12.0 Å². The summed E-state index contributed by atoms with van der Waals surface area (Å²) in [6, 6.07) is 10.5. The molecule has 0 amide bonds. The fraction of sp³-hybridized carbons (Fsp3) is 0.125. The zero-order valence-electron chi connectivity index (χ0n) is 11.9. The Kier molecular flexibility index (Phi) is 5.37. The average molecular weight is 447 g/mol. The van der Waals surface area contributed by atoms with Crippen molar-refractivity contribution in [2.24, 2.45) is 0 Å². The number of hydrogen-bond donors (Lipinski definition) is 1. The summed E-state index contributed by atoms with van der Waals surface area (Å²) in [7, 11) is 0. The highest BCUT2D eigenvalue weighted by Gasteiger charge is 2.45. The lowest BCUT2D eigenvalue weighted by Gasteiger charge is -2.27. The normalized spacial score (nSPS) is 12.5. The molecule has 1 atom stereocenters. The van der Waals surface area contributed by atoms with Crippen LogP contribution in [0.1, 0.15) is 22.0 Å². The van der Waals surface area contributed by atoms with E-state index in [2.05, 4.69) is 0 Å². The van der Waals surface area contributed by atoms with E-state index in [4.69, 9.17) is 4.74 Å². The van der Waals surface area contributed by atoms with Gasteiger partial charge in [0.1, 0.15) is 11.7 Å². The van der Waals surface area contributed by atoms with E-state index in [0.717, 1.165) is 6.07 Å². The number of halogens is 3. The Morgan fingerprint density at radius 2 is 1.79 bits per heavy atom. The molecule has 5 nitrogen and oxygen atoms in total. The molecule has 0 heterocycles. The van der Waals surface area contributed by atoms with E-state index in [9.17, 15) is 28.6 Å². The number of rotatable bonds is 5. The number of carboxylic acid groups (broad SMARTS) is 1. The second kappa shape index (κ2) is 7.12. The predicted molar refractivity (Wildman–Crippen MR) is 85.4 cm³/mol. The topological polar surface area (TPSA) is 86.7 Å². The average Bonchev–Trinajstić information content (AvgIpc) is 2.55. The summed E-state index contributed by atoms with van der Waals surface area (Å²) in [5, 5.41) is 20.3. The molecule has 0 saturated heterocycles. The molecule has 0 aliphatic heterocycles. The number of aliphatic carboxylic acids is 1. The molecule has 1 N–H and O–H groups in total. The summed E-state index contributed by atoms with van der Waals surface area (Å²) in [5.74, 6) is -8.51. The maximum absolute atomic E-state index is 13.9. The molecule has 0 radical (unpaired) electrons. The molecule has 2 aromatic carbocycles. The summed E-state index contributed by atoms with van der Waals surface area (Å²) >= 11 is 1.81. The van der Waals surface area contributed by atoms with Gasteiger partial charge in [0.15, 0.2) is 6.10 Å². The summed E-state index contributed by atoms with van der Waals surface area (Å²) < 4.78 is 33.0. The molecule has 0 aromatic heterocycles. The van der Waals surface area contributed by atoms with Crippen molar-refractivity contribution in [1.82, 2.24) is 0 Å². The number of ether oxygens (including phenoxy) is 1. The lowest BCUT2D eigenvalue weighted by atomic mass is 10.0.